The average molecular weight is 502 g/mol. The van der Waals surface area contributed by atoms with E-state index in [-0.39, 0.29) is 5.78 Å². The summed E-state index contributed by atoms with van der Waals surface area (Å²) < 4.78 is 11.6. The number of benzene rings is 3. The molecule has 0 aliphatic carbocycles. The van der Waals surface area contributed by atoms with Gasteiger partial charge in [-0.1, -0.05) is 35.9 Å². The molecule has 0 amide bonds. The largest absolute Gasteiger partial charge is 0.438 e. The van der Waals surface area contributed by atoms with Crippen molar-refractivity contribution in [3.63, 3.8) is 0 Å². The van der Waals surface area contributed by atoms with Gasteiger partial charge in [0.15, 0.2) is 0 Å². The van der Waals surface area contributed by atoms with Gasteiger partial charge >= 0.3 is 0 Å². The van der Waals surface area contributed by atoms with E-state index in [1.807, 2.05) is 42.5 Å². The van der Waals surface area contributed by atoms with Gasteiger partial charge in [-0.05, 0) is 66.4 Å². The number of halogens is 1. The molecule has 1 aliphatic rings. The highest BCUT2D eigenvalue weighted by Crippen LogP contribution is 2.30. The van der Waals surface area contributed by atoms with Crippen molar-refractivity contribution in [3.05, 3.63) is 89.2 Å². The maximum atomic E-state index is 12.5. The first kappa shape index (κ1) is 24.2. The third-order valence-electron chi connectivity index (χ3n) is 6.58. The van der Waals surface area contributed by atoms with Crippen LogP contribution in [0.15, 0.2) is 73.1 Å². The van der Waals surface area contributed by atoms with Gasteiger partial charge in [0.05, 0.1) is 17.0 Å². The van der Waals surface area contributed by atoms with Crippen LogP contribution in [0.2, 0.25) is 5.02 Å². The van der Waals surface area contributed by atoms with Crippen LogP contribution in [0.1, 0.15) is 24.0 Å². The monoisotopic (exact) mass is 501 g/mol. The number of Topliss-reactive ketones (excluding diaryl/α,β-unsaturated/α-hetero) is 1. The van der Waals surface area contributed by atoms with E-state index >= 15 is 0 Å². The van der Waals surface area contributed by atoms with Crippen LogP contribution in [0, 0.1) is 0 Å². The smallest absolute Gasteiger partial charge is 0.230 e. The van der Waals surface area contributed by atoms with Crippen LogP contribution in [0.5, 0.6) is 11.6 Å². The van der Waals surface area contributed by atoms with Gasteiger partial charge in [0.2, 0.25) is 5.88 Å². The molecular weight excluding hydrogens is 474 g/mol. The molecule has 1 fully saturated rings. The van der Waals surface area contributed by atoms with Gasteiger partial charge < -0.3 is 14.4 Å². The lowest BCUT2D eigenvalue weighted by atomic mass is 10.0. The molecule has 1 aliphatic heterocycles. The summed E-state index contributed by atoms with van der Waals surface area (Å²) in [6, 6.07) is 21.2. The second-order valence-corrected chi connectivity index (χ2v) is 9.50. The summed E-state index contributed by atoms with van der Waals surface area (Å²) in [6.07, 6.45) is 4.67. The van der Waals surface area contributed by atoms with Crippen LogP contribution >= 0.6 is 11.6 Å². The van der Waals surface area contributed by atoms with Crippen molar-refractivity contribution < 1.29 is 14.3 Å². The van der Waals surface area contributed by atoms with E-state index < -0.39 is 0 Å². The highest BCUT2D eigenvalue weighted by atomic mass is 35.5. The number of anilines is 1. The van der Waals surface area contributed by atoms with Crippen molar-refractivity contribution >= 4 is 34.0 Å². The number of ketones is 1. The molecule has 0 unspecified atom stereocenters. The van der Waals surface area contributed by atoms with Crippen molar-refractivity contribution in [1.82, 2.24) is 9.97 Å². The van der Waals surface area contributed by atoms with E-state index in [1.165, 1.54) is 6.33 Å². The number of nitrogens with zero attached hydrogens (tertiary/aromatic N) is 3. The number of piperidine rings is 1. The number of rotatable bonds is 8. The predicted molar refractivity (Wildman–Crippen MR) is 142 cm³/mol. The normalized spacial score (nSPS) is 14.2. The molecule has 0 saturated carbocycles. The molecule has 5 rings (SSSR count). The third kappa shape index (κ3) is 5.83. The molecule has 36 heavy (non-hydrogen) atoms. The van der Waals surface area contributed by atoms with Gasteiger partial charge in [0.1, 0.15) is 17.9 Å². The quantitative estimate of drug-likeness (QED) is 0.293. The zero-order chi connectivity index (χ0) is 24.9. The van der Waals surface area contributed by atoms with E-state index in [0.717, 1.165) is 53.6 Å². The molecule has 7 heteroatoms. The number of carbonyl (C=O) groups excluding carboxylic acids is 1. The van der Waals surface area contributed by atoms with E-state index in [4.69, 9.17) is 21.1 Å². The Balaban J connectivity index is 1.23. The van der Waals surface area contributed by atoms with Crippen LogP contribution in [0.25, 0.3) is 10.9 Å². The summed E-state index contributed by atoms with van der Waals surface area (Å²) in [6.45, 7) is 1.93. The maximum Gasteiger partial charge on any atom is 0.230 e. The minimum atomic E-state index is 0.148. The van der Waals surface area contributed by atoms with Gasteiger partial charge in [-0.3, -0.25) is 4.79 Å². The van der Waals surface area contributed by atoms with E-state index in [0.29, 0.717) is 35.6 Å². The summed E-state index contributed by atoms with van der Waals surface area (Å²) in [5, 5.41) is 1.52. The molecule has 4 aromatic rings. The van der Waals surface area contributed by atoms with Gasteiger partial charge in [-0.25, -0.2) is 9.97 Å². The Bertz CT molecular complexity index is 1330. The number of methoxy groups -OCH3 is 1. The minimum absolute atomic E-state index is 0.148. The highest BCUT2D eigenvalue weighted by molar-refractivity contribution is 6.30. The lowest BCUT2D eigenvalue weighted by molar-refractivity contribution is -0.117. The fourth-order valence-corrected chi connectivity index (χ4v) is 4.68. The molecule has 3 aromatic carbocycles. The van der Waals surface area contributed by atoms with Gasteiger partial charge in [0.25, 0.3) is 0 Å². The van der Waals surface area contributed by atoms with Gasteiger partial charge in [-0.15, -0.1) is 0 Å². The number of hydrogen-bond acceptors (Lipinski definition) is 6. The molecule has 1 aromatic heterocycles. The zero-order valence-electron chi connectivity index (χ0n) is 20.2. The molecule has 184 valence electrons. The first-order chi connectivity index (χ1) is 17.6. The Labute approximate surface area is 215 Å². The Morgan fingerprint density at radius 1 is 0.944 bits per heavy atom. The van der Waals surface area contributed by atoms with Crippen LogP contribution in [0.3, 0.4) is 0 Å². The average Bonchev–Trinajstić information content (AvgIpc) is 2.91. The van der Waals surface area contributed by atoms with Crippen LogP contribution in [-0.2, 0) is 22.4 Å². The van der Waals surface area contributed by atoms with Crippen molar-refractivity contribution in [2.45, 2.75) is 31.8 Å². The molecule has 0 radical (unpaired) electrons. The van der Waals surface area contributed by atoms with Gasteiger partial charge in [0, 0.05) is 43.8 Å². The Morgan fingerprint density at radius 3 is 2.28 bits per heavy atom. The van der Waals surface area contributed by atoms with E-state index in [2.05, 4.69) is 27.0 Å². The second-order valence-electron chi connectivity index (χ2n) is 9.07. The molecule has 1 saturated heterocycles. The van der Waals surface area contributed by atoms with Crippen molar-refractivity contribution in [1.29, 1.82) is 0 Å². The SMILES string of the molecule is COC1CCN(c2ccc3c(Oc4ccc(CC(=O)Cc5ccc(Cl)cc5)cc4)ncnc3c2)CC1. The lowest BCUT2D eigenvalue weighted by Crippen LogP contribution is -2.36. The summed E-state index contributed by atoms with van der Waals surface area (Å²) in [5.74, 6) is 1.32. The fraction of sp³-hybridized carbons (Fsp3) is 0.276. The highest BCUT2D eigenvalue weighted by Gasteiger charge is 2.19. The number of ether oxygens (including phenoxy) is 2. The lowest BCUT2D eigenvalue weighted by Gasteiger charge is -2.33. The third-order valence-corrected chi connectivity index (χ3v) is 6.83. The fourth-order valence-electron chi connectivity index (χ4n) is 4.56. The number of hydrogen-bond donors (Lipinski definition) is 0. The van der Waals surface area contributed by atoms with Crippen LogP contribution < -0.4 is 9.64 Å². The molecule has 0 spiro atoms. The zero-order valence-corrected chi connectivity index (χ0v) is 20.9. The van der Waals surface area contributed by atoms with Crippen molar-refractivity contribution in [2.75, 3.05) is 25.1 Å². The molecular formula is C29H28ClN3O3. The van der Waals surface area contributed by atoms with Crippen molar-refractivity contribution in [2.24, 2.45) is 0 Å². The molecule has 0 N–H and O–H groups in total. The first-order valence-electron chi connectivity index (χ1n) is 12.1. The summed E-state index contributed by atoms with van der Waals surface area (Å²) in [4.78, 5) is 23.7. The summed E-state index contributed by atoms with van der Waals surface area (Å²) >= 11 is 5.92. The second kappa shape index (κ2) is 11.1. The number of carbonyl (C=O) groups is 1. The standard InChI is InChI=1S/C29H28ClN3O3/c1-35-25-12-14-33(15-13-25)23-8-11-27-28(18-23)31-19-32-29(27)36-26-9-4-21(5-10-26)17-24(34)16-20-2-6-22(30)7-3-20/h2-11,18-19,25H,12-17H2,1H3. The topological polar surface area (TPSA) is 64.6 Å². The summed E-state index contributed by atoms with van der Waals surface area (Å²) in [7, 11) is 1.78. The Hall–Kier alpha value is -3.48. The van der Waals surface area contributed by atoms with E-state index in [1.54, 1.807) is 19.2 Å². The first-order valence-corrected chi connectivity index (χ1v) is 12.5. The summed E-state index contributed by atoms with van der Waals surface area (Å²) in [5.41, 5.74) is 3.89. The Kier molecular flexibility index (Phi) is 7.44. The molecule has 6 nitrogen and oxygen atoms in total. The van der Waals surface area contributed by atoms with Gasteiger partial charge in [-0.2, -0.15) is 0 Å². The molecule has 0 atom stereocenters. The number of fused-ring (bicyclic) bond motifs is 1. The van der Waals surface area contributed by atoms with Crippen LogP contribution in [-0.4, -0.2) is 42.1 Å². The van der Waals surface area contributed by atoms with Crippen LogP contribution in [0.4, 0.5) is 5.69 Å². The maximum absolute atomic E-state index is 12.5. The number of aromatic nitrogens is 2. The Morgan fingerprint density at radius 2 is 1.61 bits per heavy atom. The molecule has 2 heterocycles. The van der Waals surface area contributed by atoms with E-state index in [9.17, 15) is 4.79 Å². The predicted octanol–water partition coefficient (Wildman–Crippen LogP) is 6.05. The van der Waals surface area contributed by atoms with Crippen molar-refractivity contribution in [3.8, 4) is 11.6 Å². The molecule has 0 bridgehead atoms. The minimum Gasteiger partial charge on any atom is -0.438 e.